The molecule has 3 heterocycles. The first-order chi connectivity index (χ1) is 22.9. The number of nitrogens with zero attached hydrogens (tertiary/aromatic N) is 2. The van der Waals surface area contributed by atoms with Crippen LogP contribution in [0.4, 0.5) is 11.5 Å². The highest BCUT2D eigenvalue weighted by molar-refractivity contribution is 6.04. The van der Waals surface area contributed by atoms with Crippen LogP contribution in [0.25, 0.3) is 33.4 Å². The Bertz CT molecular complexity index is 1920. The minimum absolute atomic E-state index is 0.0709. The van der Waals surface area contributed by atoms with Crippen LogP contribution in [-0.4, -0.2) is 55.1 Å². The maximum absolute atomic E-state index is 13.3. The topological polar surface area (TPSA) is 127 Å². The molecule has 6 rings (SSSR count). The van der Waals surface area contributed by atoms with E-state index in [2.05, 4.69) is 10.3 Å². The Morgan fingerprint density at radius 2 is 1.70 bits per heavy atom. The van der Waals surface area contributed by atoms with E-state index >= 15 is 0 Å². The zero-order valence-electron chi connectivity index (χ0n) is 26.3. The molecular weight excluding hydrogens is 596 g/mol. The Balaban J connectivity index is 1.19. The second kappa shape index (κ2) is 14.3. The third kappa shape index (κ3) is 7.19. The van der Waals surface area contributed by atoms with Crippen molar-refractivity contribution in [2.24, 2.45) is 0 Å². The zero-order valence-corrected chi connectivity index (χ0v) is 26.3. The number of pyridine rings is 2. The lowest BCUT2D eigenvalue weighted by molar-refractivity contribution is -0.101. The van der Waals surface area contributed by atoms with Crippen LogP contribution in [0.2, 0.25) is 0 Å². The Hall–Kier alpha value is -5.45. The van der Waals surface area contributed by atoms with Gasteiger partial charge in [-0.15, -0.1) is 0 Å². The number of hydrogen-bond donors (Lipinski definition) is 2. The molecule has 1 aliphatic rings. The van der Waals surface area contributed by atoms with E-state index in [9.17, 15) is 9.59 Å². The van der Waals surface area contributed by atoms with Gasteiger partial charge in [-0.2, -0.15) is 0 Å². The first-order valence-corrected chi connectivity index (χ1v) is 15.4. The molecule has 1 amide bonds. The number of rotatable bonds is 10. The molecule has 0 radical (unpaired) electrons. The molecule has 1 atom stereocenters. The summed E-state index contributed by atoms with van der Waals surface area (Å²) < 4.78 is 24.5. The quantitative estimate of drug-likeness (QED) is 0.195. The Morgan fingerprint density at radius 3 is 2.43 bits per heavy atom. The van der Waals surface area contributed by atoms with E-state index in [1.807, 2.05) is 78.2 Å². The van der Waals surface area contributed by atoms with Crippen LogP contribution in [0, 0.1) is 0 Å². The first kappa shape index (κ1) is 31.5. The van der Waals surface area contributed by atoms with E-state index in [1.54, 1.807) is 37.8 Å². The van der Waals surface area contributed by atoms with Gasteiger partial charge in [0, 0.05) is 47.5 Å². The summed E-state index contributed by atoms with van der Waals surface area (Å²) in [5.41, 5.74) is 11.1. The lowest BCUT2D eigenvalue weighted by Gasteiger charge is -2.23. The van der Waals surface area contributed by atoms with Gasteiger partial charge in [-0.05, 0) is 53.9 Å². The number of nitrogens with two attached hydrogens (primary N) is 1. The van der Waals surface area contributed by atoms with Gasteiger partial charge in [0.05, 0.1) is 26.9 Å². The number of carbonyl (C=O) groups is 1. The summed E-state index contributed by atoms with van der Waals surface area (Å²) in [6, 6.07) is 24.2. The van der Waals surface area contributed by atoms with Crippen molar-refractivity contribution in [2.75, 3.05) is 44.6 Å². The summed E-state index contributed by atoms with van der Waals surface area (Å²) in [5.74, 6) is 1.07. The number of aryl methyl sites for hydroxylation is 1. The Labute approximate surface area is 272 Å². The van der Waals surface area contributed by atoms with Gasteiger partial charge in [-0.3, -0.25) is 9.59 Å². The number of nitrogen functional groups attached to an aromatic ring is 1. The highest BCUT2D eigenvalue weighted by atomic mass is 16.6. The molecule has 0 spiro atoms. The maximum Gasteiger partial charge on any atom is 0.261 e. The SMILES string of the molecule is CCn1cc(C(=O)Nc2ccc(-c3cc(-c4ccc(OC[C@H]5COCCO5)c(OC)c4)cnc3N)cc2)c(=O)c(-c2ccccc2)c1. The third-order valence-corrected chi connectivity index (χ3v) is 7.95. The van der Waals surface area contributed by atoms with Crippen molar-refractivity contribution >= 4 is 17.4 Å². The predicted octanol–water partition coefficient (Wildman–Crippen LogP) is 5.90. The molecule has 0 unspecified atom stereocenters. The van der Waals surface area contributed by atoms with Crippen molar-refractivity contribution < 1.29 is 23.7 Å². The van der Waals surface area contributed by atoms with Gasteiger partial charge in [0.25, 0.3) is 5.91 Å². The van der Waals surface area contributed by atoms with Crippen molar-refractivity contribution in [2.45, 2.75) is 19.6 Å². The lowest BCUT2D eigenvalue weighted by Crippen LogP contribution is -2.33. The molecule has 3 aromatic carbocycles. The summed E-state index contributed by atoms with van der Waals surface area (Å²) in [4.78, 5) is 31.1. The van der Waals surface area contributed by atoms with Crippen LogP contribution >= 0.6 is 0 Å². The number of amides is 1. The fourth-order valence-corrected chi connectivity index (χ4v) is 5.38. The number of hydrogen-bond acceptors (Lipinski definition) is 8. The number of nitrogens with one attached hydrogen (secondary N) is 1. The largest absolute Gasteiger partial charge is 0.493 e. The van der Waals surface area contributed by atoms with Gasteiger partial charge in [0.15, 0.2) is 11.5 Å². The van der Waals surface area contributed by atoms with Gasteiger partial charge in [-0.1, -0.05) is 48.5 Å². The first-order valence-electron chi connectivity index (χ1n) is 15.4. The molecule has 240 valence electrons. The van der Waals surface area contributed by atoms with Crippen LogP contribution in [0.1, 0.15) is 17.3 Å². The highest BCUT2D eigenvalue weighted by Crippen LogP contribution is 2.35. The van der Waals surface area contributed by atoms with Crippen molar-refractivity contribution in [3.05, 3.63) is 113 Å². The summed E-state index contributed by atoms with van der Waals surface area (Å²) in [6.45, 7) is 4.57. The van der Waals surface area contributed by atoms with Gasteiger partial charge in [-0.25, -0.2) is 4.98 Å². The molecule has 1 fully saturated rings. The highest BCUT2D eigenvalue weighted by Gasteiger charge is 2.18. The van der Waals surface area contributed by atoms with Crippen molar-refractivity contribution in [3.8, 4) is 44.9 Å². The average molecular weight is 633 g/mol. The lowest BCUT2D eigenvalue weighted by atomic mass is 10.0. The Morgan fingerprint density at radius 1 is 0.936 bits per heavy atom. The fourth-order valence-electron chi connectivity index (χ4n) is 5.38. The van der Waals surface area contributed by atoms with Crippen LogP contribution in [0.3, 0.4) is 0 Å². The van der Waals surface area contributed by atoms with E-state index in [1.165, 1.54) is 0 Å². The summed E-state index contributed by atoms with van der Waals surface area (Å²) in [7, 11) is 1.60. The van der Waals surface area contributed by atoms with E-state index in [-0.39, 0.29) is 17.1 Å². The van der Waals surface area contributed by atoms with Gasteiger partial charge in [0.1, 0.15) is 24.1 Å². The molecular formula is C37H36N4O6. The van der Waals surface area contributed by atoms with Crippen LogP contribution in [-0.2, 0) is 16.0 Å². The molecule has 10 nitrogen and oxygen atoms in total. The molecule has 0 saturated carbocycles. The molecule has 0 bridgehead atoms. The van der Waals surface area contributed by atoms with Gasteiger partial charge >= 0.3 is 0 Å². The van der Waals surface area contributed by atoms with Crippen molar-refractivity contribution in [1.82, 2.24) is 9.55 Å². The normalized spacial score (nSPS) is 14.4. The number of anilines is 2. The van der Waals surface area contributed by atoms with Crippen LogP contribution < -0.4 is 26.0 Å². The van der Waals surface area contributed by atoms with E-state index in [0.29, 0.717) is 61.5 Å². The second-order valence-electron chi connectivity index (χ2n) is 11.0. The predicted molar refractivity (Wildman–Crippen MR) is 182 cm³/mol. The van der Waals surface area contributed by atoms with Gasteiger partial charge < -0.3 is 34.6 Å². The molecule has 1 aliphatic heterocycles. The van der Waals surface area contributed by atoms with Crippen molar-refractivity contribution in [3.63, 3.8) is 0 Å². The summed E-state index contributed by atoms with van der Waals surface area (Å²) in [6.07, 6.45) is 4.95. The Kier molecular flexibility index (Phi) is 9.61. The standard InChI is InChI=1S/C37H36N4O6/c1-3-41-20-31(24-7-5-4-6-8-24)35(42)32(21-41)37(43)40-28-12-9-25(10-13-28)30-17-27(19-39-36(30)38)26-11-14-33(34(18-26)44-2)47-23-29-22-45-15-16-46-29/h4-14,17-21,29H,3,15-16,22-23H2,1-2H3,(H2,38,39)(H,40,43)/t29-/m1/s1. The second-order valence-corrected chi connectivity index (χ2v) is 11.0. The number of carbonyl (C=O) groups excluding carboxylic acids is 1. The molecule has 1 saturated heterocycles. The molecule has 3 N–H and O–H groups in total. The molecule has 2 aromatic heterocycles. The minimum atomic E-state index is -0.480. The molecule has 0 aliphatic carbocycles. The maximum atomic E-state index is 13.3. The van der Waals surface area contributed by atoms with Gasteiger partial charge in [0.2, 0.25) is 5.43 Å². The fraction of sp³-hybridized carbons (Fsp3) is 0.216. The summed E-state index contributed by atoms with van der Waals surface area (Å²) in [5, 5.41) is 2.87. The monoisotopic (exact) mass is 632 g/mol. The molecule has 5 aromatic rings. The average Bonchev–Trinajstić information content (AvgIpc) is 3.12. The van der Waals surface area contributed by atoms with E-state index in [0.717, 1.165) is 27.8 Å². The van der Waals surface area contributed by atoms with Crippen LogP contribution in [0.5, 0.6) is 11.5 Å². The van der Waals surface area contributed by atoms with E-state index < -0.39 is 5.91 Å². The zero-order chi connectivity index (χ0) is 32.8. The van der Waals surface area contributed by atoms with Crippen molar-refractivity contribution in [1.29, 1.82) is 0 Å². The van der Waals surface area contributed by atoms with E-state index in [4.69, 9.17) is 24.7 Å². The third-order valence-electron chi connectivity index (χ3n) is 7.95. The number of methoxy groups -OCH3 is 1. The minimum Gasteiger partial charge on any atom is -0.493 e. The number of benzene rings is 3. The summed E-state index contributed by atoms with van der Waals surface area (Å²) >= 11 is 0. The van der Waals surface area contributed by atoms with Crippen LogP contribution in [0.15, 0.2) is 102 Å². The smallest absolute Gasteiger partial charge is 0.261 e. The number of aromatic nitrogens is 2. The molecule has 47 heavy (non-hydrogen) atoms. The number of ether oxygens (including phenoxy) is 4. The molecule has 10 heteroatoms.